The van der Waals surface area contributed by atoms with Crippen molar-refractivity contribution in [3.63, 3.8) is 0 Å². The molecule has 0 fully saturated rings. The van der Waals surface area contributed by atoms with E-state index in [1.54, 1.807) is 0 Å². The minimum atomic E-state index is -0.0550. The number of hydrogen-bond donors (Lipinski definition) is 0. The van der Waals surface area contributed by atoms with Gasteiger partial charge in [0.25, 0.3) is 0 Å². The Morgan fingerprint density at radius 3 is 2.04 bits per heavy atom. The minimum absolute atomic E-state index is 0.0550. The third-order valence-electron chi connectivity index (χ3n) is 11.6. The first-order valence-electron chi connectivity index (χ1n) is 18.5. The highest BCUT2D eigenvalue weighted by atomic mass is 14.4. The zero-order valence-electron chi connectivity index (χ0n) is 30.0. The molecule has 0 amide bonds. The second-order valence-electron chi connectivity index (χ2n) is 15.0. The number of hydrogen-bond acceptors (Lipinski definition) is 0. The van der Waals surface area contributed by atoms with E-state index in [9.17, 15) is 0 Å². The summed E-state index contributed by atoms with van der Waals surface area (Å²) < 4.78 is 0. The van der Waals surface area contributed by atoms with Crippen LogP contribution in [0.1, 0.15) is 36.1 Å². The van der Waals surface area contributed by atoms with Crippen molar-refractivity contribution in [2.24, 2.45) is 0 Å². The van der Waals surface area contributed by atoms with Gasteiger partial charge in [-0.1, -0.05) is 172 Å². The van der Waals surface area contributed by atoms with Crippen LogP contribution >= 0.6 is 0 Å². The lowest BCUT2D eigenvalue weighted by molar-refractivity contribution is 0.660. The summed E-state index contributed by atoms with van der Waals surface area (Å²) in [4.78, 5) is 0. The third kappa shape index (κ3) is 4.98. The fourth-order valence-electron chi connectivity index (χ4n) is 8.92. The van der Waals surface area contributed by atoms with E-state index < -0.39 is 0 Å². The predicted octanol–water partition coefficient (Wildman–Crippen LogP) is 12.5. The van der Waals surface area contributed by atoms with Gasteiger partial charge in [0.1, 0.15) is 0 Å². The Morgan fingerprint density at radius 2 is 1.15 bits per heavy atom. The lowest BCUT2D eigenvalue weighted by Crippen LogP contribution is -2.26. The Bertz CT molecular complexity index is 3100. The van der Waals surface area contributed by atoms with Crippen LogP contribution < -0.4 is 10.4 Å². The molecule has 0 saturated carbocycles. The maximum Gasteiger partial charge on any atom is 0.0159 e. The first-order chi connectivity index (χ1) is 26.0. The predicted molar refractivity (Wildman–Crippen MR) is 228 cm³/mol. The topological polar surface area (TPSA) is 0 Å². The van der Waals surface area contributed by atoms with E-state index in [1.807, 2.05) is 6.08 Å². The maximum atomic E-state index is 4.30. The maximum absolute atomic E-state index is 4.30. The number of rotatable bonds is 4. The fourth-order valence-corrected chi connectivity index (χ4v) is 8.92. The highest BCUT2D eigenvalue weighted by Crippen LogP contribution is 2.49. The summed E-state index contributed by atoms with van der Waals surface area (Å²) in [6.45, 7) is 8.98. The highest BCUT2D eigenvalue weighted by Gasteiger charge is 2.35. The molecule has 0 aromatic heterocycles. The summed E-state index contributed by atoms with van der Waals surface area (Å²) in [6, 6.07) is 62.7. The van der Waals surface area contributed by atoms with Crippen LogP contribution in [0.5, 0.6) is 0 Å². The van der Waals surface area contributed by atoms with Gasteiger partial charge in [-0.2, -0.15) is 0 Å². The van der Waals surface area contributed by atoms with Crippen molar-refractivity contribution in [1.82, 2.24) is 0 Å². The van der Waals surface area contributed by atoms with E-state index >= 15 is 0 Å². The van der Waals surface area contributed by atoms with E-state index in [0.717, 1.165) is 5.57 Å². The molecule has 53 heavy (non-hydrogen) atoms. The van der Waals surface area contributed by atoms with Crippen LogP contribution in [0.15, 0.2) is 183 Å². The molecule has 10 rings (SSSR count). The summed E-state index contributed by atoms with van der Waals surface area (Å²) in [7, 11) is 0. The van der Waals surface area contributed by atoms with Crippen LogP contribution in [0.3, 0.4) is 0 Å². The van der Waals surface area contributed by atoms with Gasteiger partial charge in [0.15, 0.2) is 0 Å². The van der Waals surface area contributed by atoms with Gasteiger partial charge in [-0.25, -0.2) is 0 Å². The molecule has 0 heterocycles. The van der Waals surface area contributed by atoms with E-state index in [4.69, 9.17) is 0 Å². The zero-order valence-corrected chi connectivity index (χ0v) is 30.0. The molecular weight excluding hydrogens is 637 g/mol. The summed E-state index contributed by atoms with van der Waals surface area (Å²) in [5.41, 5.74) is 11.4. The molecule has 0 saturated heterocycles. The average Bonchev–Trinajstić information content (AvgIpc) is 3.43. The first kappa shape index (κ1) is 31.3. The number of allylic oxidation sites excluding steroid dienone is 1. The highest BCUT2D eigenvalue weighted by molar-refractivity contribution is 6.21. The second kappa shape index (κ2) is 12.0. The van der Waals surface area contributed by atoms with Gasteiger partial charge in [0, 0.05) is 5.41 Å². The van der Waals surface area contributed by atoms with Gasteiger partial charge >= 0.3 is 0 Å². The van der Waals surface area contributed by atoms with Crippen molar-refractivity contribution < 1.29 is 0 Å². The monoisotopic (exact) mass is 674 g/mol. The molecule has 9 aromatic carbocycles. The van der Waals surface area contributed by atoms with Gasteiger partial charge in [-0.3, -0.25) is 0 Å². The molecule has 1 aliphatic rings. The molecule has 0 N–H and O–H groups in total. The molecule has 9 aromatic rings. The van der Waals surface area contributed by atoms with Crippen LogP contribution in [-0.2, 0) is 5.41 Å². The Labute approximate surface area is 310 Å². The molecule has 250 valence electrons. The van der Waals surface area contributed by atoms with Gasteiger partial charge in [0.2, 0.25) is 0 Å². The molecule has 0 atom stereocenters. The molecule has 0 bridgehead atoms. The second-order valence-corrected chi connectivity index (χ2v) is 15.0. The molecule has 0 unspecified atom stereocenters. The van der Waals surface area contributed by atoms with E-state index in [1.165, 1.54) is 98.0 Å². The van der Waals surface area contributed by atoms with E-state index in [0.29, 0.717) is 0 Å². The first-order valence-corrected chi connectivity index (χ1v) is 18.5. The van der Waals surface area contributed by atoms with Crippen LogP contribution in [-0.4, -0.2) is 0 Å². The Balaban J connectivity index is 1.08. The van der Waals surface area contributed by atoms with Crippen LogP contribution in [0.2, 0.25) is 0 Å². The summed E-state index contributed by atoms with van der Waals surface area (Å²) in [5.74, 6) is 0. The molecule has 0 spiro atoms. The zero-order chi connectivity index (χ0) is 35.7. The van der Waals surface area contributed by atoms with Crippen molar-refractivity contribution in [3.05, 3.63) is 215 Å². The fraction of sp³-hybridized carbons (Fsp3) is 0.0566. The van der Waals surface area contributed by atoms with Crippen molar-refractivity contribution >= 4 is 54.7 Å². The van der Waals surface area contributed by atoms with Crippen molar-refractivity contribution in [3.8, 4) is 22.3 Å². The molecular formula is C53H38. The van der Waals surface area contributed by atoms with E-state index in [-0.39, 0.29) is 5.41 Å². The van der Waals surface area contributed by atoms with Gasteiger partial charge in [-0.15, -0.1) is 0 Å². The number of benzene rings is 9. The number of fused-ring (bicyclic) bond motifs is 9. The lowest BCUT2D eigenvalue weighted by Gasteiger charge is -2.22. The Morgan fingerprint density at radius 1 is 0.472 bits per heavy atom. The summed E-state index contributed by atoms with van der Waals surface area (Å²) >= 11 is 0. The smallest absolute Gasteiger partial charge is 0.0159 e. The van der Waals surface area contributed by atoms with Crippen LogP contribution in [0, 0.1) is 0 Å². The van der Waals surface area contributed by atoms with Gasteiger partial charge in [0.05, 0.1) is 0 Å². The molecule has 0 radical (unpaired) electrons. The van der Waals surface area contributed by atoms with Gasteiger partial charge in [-0.05, 0) is 134 Å². The largest absolute Gasteiger partial charge is 0.0984 e. The van der Waals surface area contributed by atoms with Gasteiger partial charge < -0.3 is 0 Å². The Kier molecular flexibility index (Phi) is 7.10. The normalized spacial score (nSPS) is 14.1. The summed E-state index contributed by atoms with van der Waals surface area (Å²) in [6.07, 6.45) is 4.33. The van der Waals surface area contributed by atoms with Crippen LogP contribution in [0.4, 0.5) is 0 Å². The molecule has 0 nitrogen and oxygen atoms in total. The molecule has 1 aliphatic carbocycles. The molecule has 0 aliphatic heterocycles. The Hall–Kier alpha value is -6.50. The average molecular weight is 675 g/mol. The summed E-state index contributed by atoms with van der Waals surface area (Å²) in [5, 5.41) is 12.5. The van der Waals surface area contributed by atoms with Crippen molar-refractivity contribution in [2.75, 3.05) is 0 Å². The van der Waals surface area contributed by atoms with Crippen molar-refractivity contribution in [2.45, 2.75) is 19.3 Å². The SMILES string of the molecule is C=C/C(c1ccc2c(c1)C(C)(C)c1ccccc1-2)=c1/cccc/c1=C\c1ccc2cc(-c3cc4c5ccccc5ccc4c4ccccc34)ccc2c1. The standard InChI is InChI=1S/C53H38/c1-4-41(40-26-28-48-47-19-11-12-20-51(47)53(2,3)52(48)32-40)43-16-8-6-14-38(43)30-34-21-22-37-31-39(24-23-36(37)29-34)49-33-50-42-15-7-5-13-35(42)25-27-46(50)44-17-9-10-18-45(44)49/h4-33H,1H2,2-3H3/b38-30+,43-41+. The minimum Gasteiger partial charge on any atom is -0.0984 e. The van der Waals surface area contributed by atoms with Crippen LogP contribution in [0.25, 0.3) is 77.0 Å². The lowest BCUT2D eigenvalue weighted by atomic mass is 9.81. The quantitative estimate of drug-likeness (QED) is 0.163. The third-order valence-corrected chi connectivity index (χ3v) is 11.6. The molecule has 0 heteroatoms. The van der Waals surface area contributed by atoms with E-state index in [2.05, 4.69) is 196 Å². The van der Waals surface area contributed by atoms with Crippen molar-refractivity contribution in [1.29, 1.82) is 0 Å².